The highest BCUT2D eigenvalue weighted by Gasteiger charge is 2.43. The summed E-state index contributed by atoms with van der Waals surface area (Å²) in [6, 6.07) is 3.73. The quantitative estimate of drug-likeness (QED) is 0.812. The van der Waals surface area contributed by atoms with Crippen LogP contribution in [0.15, 0.2) is 30.5 Å². The maximum Gasteiger partial charge on any atom is 0.408 e. The zero-order chi connectivity index (χ0) is 17.4. The highest BCUT2D eigenvalue weighted by Crippen LogP contribution is 2.35. The molecular formula is C15H16ClF3N2OS. The number of aromatic nitrogens is 1. The van der Waals surface area contributed by atoms with Gasteiger partial charge in [-0.05, 0) is 43.9 Å². The Labute approximate surface area is 139 Å². The van der Waals surface area contributed by atoms with Gasteiger partial charge in [0, 0.05) is 11.6 Å². The van der Waals surface area contributed by atoms with Gasteiger partial charge in [-0.1, -0.05) is 23.7 Å². The lowest BCUT2D eigenvalue weighted by molar-refractivity contribution is -0.152. The van der Waals surface area contributed by atoms with Gasteiger partial charge < -0.3 is 0 Å². The van der Waals surface area contributed by atoms with Crippen LogP contribution in [-0.4, -0.2) is 20.1 Å². The zero-order valence-corrected chi connectivity index (χ0v) is 14.3. The first-order valence-corrected chi connectivity index (χ1v) is 8.31. The number of alkyl halides is 3. The second-order valence-corrected chi connectivity index (χ2v) is 8.47. The summed E-state index contributed by atoms with van der Waals surface area (Å²) in [7, 11) is -1.86. The monoisotopic (exact) mass is 364 g/mol. The molecular weight excluding hydrogens is 349 g/mol. The summed E-state index contributed by atoms with van der Waals surface area (Å²) < 4.78 is 53.7. The fourth-order valence-corrected chi connectivity index (χ4v) is 2.92. The van der Waals surface area contributed by atoms with E-state index in [0.717, 1.165) is 0 Å². The third kappa shape index (κ3) is 4.43. The average Bonchev–Trinajstić information content (AvgIpc) is 2.41. The van der Waals surface area contributed by atoms with Crippen LogP contribution in [0.4, 0.5) is 13.2 Å². The van der Waals surface area contributed by atoms with E-state index in [4.69, 9.17) is 11.6 Å². The summed E-state index contributed by atoms with van der Waals surface area (Å²) in [6.45, 7) is 4.82. The lowest BCUT2D eigenvalue weighted by atomic mass is 10.0. The summed E-state index contributed by atoms with van der Waals surface area (Å²) in [5.41, 5.74) is -0.0233. The maximum absolute atomic E-state index is 13.4. The number of nitrogens with zero attached hydrogens (tertiary/aromatic N) is 1. The van der Waals surface area contributed by atoms with Gasteiger partial charge in [-0.15, -0.1) is 0 Å². The predicted octanol–water partition coefficient (Wildman–Crippen LogP) is 4.54. The highest BCUT2D eigenvalue weighted by molar-refractivity contribution is 7.84. The third-order valence-electron chi connectivity index (χ3n) is 3.15. The van der Waals surface area contributed by atoms with Crippen LogP contribution in [-0.2, 0) is 11.0 Å². The number of nitrogens with one attached hydrogen (secondary N) is 1. The topological polar surface area (TPSA) is 42.0 Å². The Morgan fingerprint density at radius 2 is 1.83 bits per heavy atom. The molecule has 0 aliphatic carbocycles. The van der Waals surface area contributed by atoms with E-state index >= 15 is 0 Å². The number of rotatable bonds is 3. The van der Waals surface area contributed by atoms with Crippen LogP contribution in [0.25, 0.3) is 10.8 Å². The first kappa shape index (κ1) is 18.2. The van der Waals surface area contributed by atoms with Gasteiger partial charge in [0.25, 0.3) is 0 Å². The molecule has 1 N–H and O–H groups in total. The Hall–Kier alpha value is -1.18. The largest absolute Gasteiger partial charge is 0.408 e. The van der Waals surface area contributed by atoms with Crippen LogP contribution < -0.4 is 4.72 Å². The van der Waals surface area contributed by atoms with Gasteiger partial charge in [0.05, 0.1) is 15.7 Å². The molecule has 0 aliphatic rings. The minimum absolute atomic E-state index is 0.0233. The number of fused-ring (bicyclic) bond motifs is 1. The van der Waals surface area contributed by atoms with Gasteiger partial charge in [0.2, 0.25) is 0 Å². The highest BCUT2D eigenvalue weighted by atomic mass is 35.5. The van der Waals surface area contributed by atoms with E-state index in [2.05, 4.69) is 9.71 Å². The van der Waals surface area contributed by atoms with E-state index in [-0.39, 0.29) is 10.7 Å². The molecule has 1 heterocycles. The normalized spacial score (nSPS) is 15.6. The van der Waals surface area contributed by atoms with Gasteiger partial charge in [0.15, 0.2) is 0 Å². The molecule has 2 atom stereocenters. The molecule has 23 heavy (non-hydrogen) atoms. The molecule has 0 aliphatic heterocycles. The molecule has 1 aromatic carbocycles. The SMILES string of the molecule is CC(C)(C)[S@@](=O)NC(c1ccc2cnc(Cl)cc2c1)C(F)(F)F. The lowest BCUT2D eigenvalue weighted by Crippen LogP contribution is -2.41. The molecule has 0 radical (unpaired) electrons. The van der Waals surface area contributed by atoms with Crippen LogP contribution in [0, 0.1) is 0 Å². The van der Waals surface area contributed by atoms with Gasteiger partial charge >= 0.3 is 6.18 Å². The maximum atomic E-state index is 13.4. The molecule has 0 fully saturated rings. The van der Waals surface area contributed by atoms with E-state index in [1.54, 1.807) is 20.8 Å². The predicted molar refractivity (Wildman–Crippen MR) is 86.6 cm³/mol. The van der Waals surface area contributed by atoms with Crippen molar-refractivity contribution < 1.29 is 17.4 Å². The van der Waals surface area contributed by atoms with Gasteiger partial charge in [-0.3, -0.25) is 0 Å². The van der Waals surface area contributed by atoms with E-state index in [1.165, 1.54) is 30.5 Å². The van der Waals surface area contributed by atoms with Crippen molar-refractivity contribution in [2.75, 3.05) is 0 Å². The minimum Gasteiger partial charge on any atom is -0.244 e. The zero-order valence-electron chi connectivity index (χ0n) is 12.7. The number of halogens is 4. The molecule has 1 aromatic heterocycles. The van der Waals surface area contributed by atoms with Crippen LogP contribution in [0.2, 0.25) is 5.15 Å². The van der Waals surface area contributed by atoms with Gasteiger partial charge in [-0.2, -0.15) is 13.2 Å². The summed E-state index contributed by atoms with van der Waals surface area (Å²) in [5, 5.41) is 1.42. The van der Waals surface area contributed by atoms with Crippen LogP contribution in [0.1, 0.15) is 32.4 Å². The van der Waals surface area contributed by atoms with Crippen molar-refractivity contribution in [3.05, 3.63) is 41.2 Å². The Bertz CT molecular complexity index is 744. The third-order valence-corrected chi connectivity index (χ3v) is 4.92. The van der Waals surface area contributed by atoms with Gasteiger partial charge in [0.1, 0.15) is 11.2 Å². The summed E-state index contributed by atoms with van der Waals surface area (Å²) >= 11 is 5.79. The Kier molecular flexibility index (Phi) is 5.03. The van der Waals surface area contributed by atoms with Crippen molar-refractivity contribution in [1.29, 1.82) is 0 Å². The first-order chi connectivity index (χ1) is 10.5. The van der Waals surface area contributed by atoms with Crippen molar-refractivity contribution in [1.82, 2.24) is 9.71 Å². The second kappa shape index (κ2) is 6.37. The minimum atomic E-state index is -4.58. The summed E-state index contributed by atoms with van der Waals surface area (Å²) in [6.07, 6.45) is -3.09. The van der Waals surface area contributed by atoms with E-state index < -0.39 is 28.0 Å². The molecule has 3 nitrogen and oxygen atoms in total. The molecule has 0 bridgehead atoms. The second-order valence-electron chi connectivity index (χ2n) is 6.09. The molecule has 0 spiro atoms. The summed E-state index contributed by atoms with van der Waals surface area (Å²) in [4.78, 5) is 3.89. The molecule has 2 rings (SSSR count). The Morgan fingerprint density at radius 1 is 1.17 bits per heavy atom. The molecule has 2 aromatic rings. The van der Waals surface area contributed by atoms with Crippen molar-refractivity contribution in [2.45, 2.75) is 37.7 Å². The molecule has 1 unspecified atom stereocenters. The van der Waals surface area contributed by atoms with E-state index in [0.29, 0.717) is 10.8 Å². The molecule has 126 valence electrons. The van der Waals surface area contributed by atoms with Crippen molar-refractivity contribution in [3.8, 4) is 0 Å². The molecule has 0 amide bonds. The van der Waals surface area contributed by atoms with Crippen LogP contribution in [0.3, 0.4) is 0 Å². The fraction of sp³-hybridized carbons (Fsp3) is 0.400. The molecule has 8 heteroatoms. The number of hydrogen-bond donors (Lipinski definition) is 1. The summed E-state index contributed by atoms with van der Waals surface area (Å²) in [5.74, 6) is 0. The Morgan fingerprint density at radius 3 is 2.39 bits per heavy atom. The lowest BCUT2D eigenvalue weighted by Gasteiger charge is -2.26. The van der Waals surface area contributed by atoms with Crippen molar-refractivity contribution in [2.24, 2.45) is 0 Å². The van der Waals surface area contributed by atoms with Crippen LogP contribution in [0.5, 0.6) is 0 Å². The number of benzene rings is 1. The van der Waals surface area contributed by atoms with Crippen LogP contribution >= 0.6 is 11.6 Å². The standard InChI is InChI=1S/C15H16ClF3N2OS/c1-14(2,3)23(22)21-13(15(17,18)19)9-4-5-10-8-20-12(16)7-11(10)6-9/h4-8,13,21H,1-3H3/t13?,23-/m1/s1. The average molecular weight is 365 g/mol. The molecule has 0 saturated carbocycles. The Balaban J connectivity index is 2.45. The number of pyridine rings is 1. The van der Waals surface area contributed by atoms with Gasteiger partial charge in [-0.25, -0.2) is 13.9 Å². The van der Waals surface area contributed by atoms with Crippen molar-refractivity contribution >= 4 is 33.4 Å². The van der Waals surface area contributed by atoms with E-state index in [9.17, 15) is 17.4 Å². The number of hydrogen-bond acceptors (Lipinski definition) is 2. The smallest absolute Gasteiger partial charge is 0.244 e. The van der Waals surface area contributed by atoms with Crippen molar-refractivity contribution in [3.63, 3.8) is 0 Å². The first-order valence-electron chi connectivity index (χ1n) is 6.78. The fourth-order valence-electron chi connectivity index (χ4n) is 1.92. The van der Waals surface area contributed by atoms with E-state index in [1.807, 2.05) is 0 Å². The molecule has 0 saturated heterocycles.